The number of benzene rings is 1. The third-order valence-corrected chi connectivity index (χ3v) is 6.66. The molecule has 0 aliphatic heterocycles. The first kappa shape index (κ1) is 30.7. The smallest absolute Gasteiger partial charge is 0.411 e. The minimum absolute atomic E-state index is 0.131. The molecule has 0 aliphatic rings. The first-order chi connectivity index (χ1) is 20.4. The molecule has 224 valence electrons. The number of Topliss-reactive ketones (excluding diaryl/α,β-unsaturated/α-hetero) is 1. The van der Waals surface area contributed by atoms with Gasteiger partial charge in [-0.25, -0.2) is 19.7 Å². The van der Waals surface area contributed by atoms with E-state index in [1.807, 2.05) is 0 Å². The van der Waals surface area contributed by atoms with Crippen LogP contribution in [0, 0.1) is 12.8 Å². The van der Waals surface area contributed by atoms with Gasteiger partial charge >= 0.3 is 6.09 Å². The first-order valence-corrected chi connectivity index (χ1v) is 13.4. The number of nitrogens with one attached hydrogen (secondary N) is 2. The lowest BCUT2D eigenvalue weighted by atomic mass is 9.92. The van der Waals surface area contributed by atoms with Crippen molar-refractivity contribution in [3.63, 3.8) is 0 Å². The van der Waals surface area contributed by atoms with E-state index in [1.165, 1.54) is 0 Å². The lowest BCUT2D eigenvalue weighted by Gasteiger charge is -2.21. The number of ether oxygens (including phenoxy) is 1. The van der Waals surface area contributed by atoms with Crippen molar-refractivity contribution in [3.8, 4) is 11.4 Å². The molecule has 2 N–H and O–H groups in total. The average molecular weight is 589 g/mol. The molecule has 14 nitrogen and oxygen atoms in total. The molecule has 0 saturated heterocycles. The van der Waals surface area contributed by atoms with Gasteiger partial charge in [0.2, 0.25) is 17.6 Å². The zero-order valence-corrected chi connectivity index (χ0v) is 24.6. The second-order valence-electron chi connectivity index (χ2n) is 10.5. The van der Waals surface area contributed by atoms with Gasteiger partial charge in [-0.2, -0.15) is 0 Å². The Morgan fingerprint density at radius 1 is 1.05 bits per heavy atom. The fraction of sp³-hybridized carbons (Fsp3) is 0.345. The SMILES string of the molecule is COC(=O)Nc1c(C)nc(-c2ccccc2)n(CC(=O)N[C@@H](C(=O)c2nnc(C(C)(C)c3ncccn3)o2)C(C)C)c1=O. The highest BCUT2D eigenvalue weighted by molar-refractivity contribution is 5.98. The molecule has 0 bridgehead atoms. The summed E-state index contributed by atoms with van der Waals surface area (Å²) in [7, 11) is 1.16. The molecule has 43 heavy (non-hydrogen) atoms. The summed E-state index contributed by atoms with van der Waals surface area (Å²) in [5.74, 6) is -1.16. The minimum Gasteiger partial charge on any atom is -0.453 e. The van der Waals surface area contributed by atoms with Crippen LogP contribution in [0.15, 0.2) is 58.0 Å². The molecule has 3 heterocycles. The number of hydrogen-bond acceptors (Lipinski definition) is 11. The number of carbonyl (C=O) groups is 3. The number of aryl methyl sites for hydroxylation is 1. The monoisotopic (exact) mass is 588 g/mol. The van der Waals surface area contributed by atoms with Crippen LogP contribution in [0.5, 0.6) is 0 Å². The van der Waals surface area contributed by atoms with Gasteiger partial charge in [0.25, 0.3) is 11.4 Å². The summed E-state index contributed by atoms with van der Waals surface area (Å²) >= 11 is 0. The van der Waals surface area contributed by atoms with Gasteiger partial charge in [-0.3, -0.25) is 24.3 Å². The maximum absolute atomic E-state index is 13.5. The van der Waals surface area contributed by atoms with Crippen LogP contribution < -0.4 is 16.2 Å². The summed E-state index contributed by atoms with van der Waals surface area (Å²) < 4.78 is 11.5. The molecule has 0 saturated carbocycles. The third-order valence-electron chi connectivity index (χ3n) is 6.66. The molecular formula is C29H32N8O6. The summed E-state index contributed by atoms with van der Waals surface area (Å²) in [6.45, 7) is 8.11. The number of methoxy groups -OCH3 is 1. The molecule has 0 spiro atoms. The van der Waals surface area contributed by atoms with Crippen LogP contribution in [0.2, 0.25) is 0 Å². The number of amides is 2. The lowest BCUT2D eigenvalue weighted by Crippen LogP contribution is -2.47. The predicted octanol–water partition coefficient (Wildman–Crippen LogP) is 2.92. The number of carbonyl (C=O) groups excluding carboxylic acids is 3. The molecule has 0 aliphatic carbocycles. The molecule has 3 aromatic heterocycles. The Balaban J connectivity index is 1.62. The summed E-state index contributed by atoms with van der Waals surface area (Å²) in [4.78, 5) is 65.3. The molecule has 0 unspecified atom stereocenters. The van der Waals surface area contributed by atoms with E-state index in [-0.39, 0.29) is 34.9 Å². The van der Waals surface area contributed by atoms with Crippen LogP contribution in [0.4, 0.5) is 10.5 Å². The number of hydrogen-bond donors (Lipinski definition) is 2. The van der Waals surface area contributed by atoms with Crippen molar-refractivity contribution in [1.82, 2.24) is 35.0 Å². The van der Waals surface area contributed by atoms with E-state index < -0.39 is 41.3 Å². The average Bonchev–Trinajstić information content (AvgIpc) is 3.51. The van der Waals surface area contributed by atoms with Crippen molar-refractivity contribution in [2.24, 2.45) is 5.92 Å². The molecule has 14 heteroatoms. The largest absolute Gasteiger partial charge is 0.453 e. The zero-order chi connectivity index (χ0) is 31.3. The molecule has 2 amide bonds. The summed E-state index contributed by atoms with van der Waals surface area (Å²) in [6.07, 6.45) is 2.31. The molecule has 0 radical (unpaired) electrons. The number of ketones is 1. The Hall–Kier alpha value is -5.27. The van der Waals surface area contributed by atoms with Gasteiger partial charge in [0.1, 0.15) is 29.3 Å². The van der Waals surface area contributed by atoms with Crippen LogP contribution in [0.1, 0.15) is 55.8 Å². The van der Waals surface area contributed by atoms with Crippen LogP contribution in [-0.2, 0) is 21.5 Å². The number of anilines is 1. The highest BCUT2D eigenvalue weighted by atomic mass is 16.5. The van der Waals surface area contributed by atoms with Gasteiger partial charge < -0.3 is 14.5 Å². The van der Waals surface area contributed by atoms with E-state index in [2.05, 4.69) is 40.5 Å². The summed E-state index contributed by atoms with van der Waals surface area (Å²) in [5, 5.41) is 13.0. The van der Waals surface area contributed by atoms with Crippen molar-refractivity contribution in [2.45, 2.75) is 52.6 Å². The van der Waals surface area contributed by atoms with Crippen molar-refractivity contribution < 1.29 is 23.5 Å². The Bertz CT molecular complexity index is 1680. The Kier molecular flexibility index (Phi) is 9.07. The Labute approximate surface area is 246 Å². The van der Waals surface area contributed by atoms with Crippen molar-refractivity contribution in [1.29, 1.82) is 0 Å². The van der Waals surface area contributed by atoms with E-state index in [9.17, 15) is 19.2 Å². The van der Waals surface area contributed by atoms with Crippen LogP contribution in [0.3, 0.4) is 0 Å². The molecule has 4 rings (SSSR count). The van der Waals surface area contributed by atoms with Crippen LogP contribution in [-0.4, -0.2) is 60.7 Å². The highest BCUT2D eigenvalue weighted by Crippen LogP contribution is 2.28. The quantitative estimate of drug-likeness (QED) is 0.260. The van der Waals surface area contributed by atoms with Crippen molar-refractivity contribution in [2.75, 3.05) is 12.4 Å². The molecule has 4 aromatic rings. The number of rotatable bonds is 10. The maximum atomic E-state index is 13.5. The Morgan fingerprint density at radius 2 is 1.72 bits per heavy atom. The topological polar surface area (TPSA) is 184 Å². The van der Waals surface area contributed by atoms with E-state index in [0.717, 1.165) is 11.7 Å². The van der Waals surface area contributed by atoms with Gasteiger partial charge in [-0.1, -0.05) is 44.2 Å². The van der Waals surface area contributed by atoms with Gasteiger partial charge in [0.05, 0.1) is 18.8 Å². The lowest BCUT2D eigenvalue weighted by molar-refractivity contribution is -0.122. The summed E-state index contributed by atoms with van der Waals surface area (Å²) in [6, 6.07) is 9.42. The van der Waals surface area contributed by atoms with E-state index in [4.69, 9.17) is 4.42 Å². The van der Waals surface area contributed by atoms with Crippen molar-refractivity contribution in [3.05, 3.63) is 82.4 Å². The van der Waals surface area contributed by atoms with Gasteiger partial charge in [0.15, 0.2) is 0 Å². The molecule has 1 atom stereocenters. The standard InChI is InChI=1S/C29H32N8O6/c1-16(2)20(22(39)24-35-36-27(43-24)29(4,5)26-30-13-10-14-31-26)33-19(38)15-37-23(18-11-8-7-9-12-18)32-17(3)21(25(37)40)34-28(41)42-6/h7-14,16,20H,15H2,1-6H3,(H,33,38)(H,34,41)/t20-/m1/s1. The highest BCUT2D eigenvalue weighted by Gasteiger charge is 2.36. The predicted molar refractivity (Wildman–Crippen MR) is 154 cm³/mol. The van der Waals surface area contributed by atoms with Crippen LogP contribution >= 0.6 is 0 Å². The minimum atomic E-state index is -1.06. The first-order valence-electron chi connectivity index (χ1n) is 13.4. The second-order valence-corrected chi connectivity index (χ2v) is 10.5. The van der Waals surface area contributed by atoms with E-state index in [0.29, 0.717) is 11.4 Å². The molecule has 1 aromatic carbocycles. The second kappa shape index (κ2) is 12.7. The number of aromatic nitrogens is 6. The Morgan fingerprint density at radius 3 is 2.35 bits per heavy atom. The van der Waals surface area contributed by atoms with E-state index in [1.54, 1.807) is 83.4 Å². The maximum Gasteiger partial charge on any atom is 0.411 e. The number of nitrogens with zero attached hydrogens (tertiary/aromatic N) is 6. The molecule has 0 fully saturated rings. The van der Waals surface area contributed by atoms with Gasteiger partial charge in [-0.05, 0) is 32.8 Å². The fourth-order valence-corrected chi connectivity index (χ4v) is 4.24. The van der Waals surface area contributed by atoms with Gasteiger partial charge in [0, 0.05) is 18.0 Å². The zero-order valence-electron chi connectivity index (χ0n) is 24.6. The third kappa shape index (κ3) is 6.63. The van der Waals surface area contributed by atoms with Crippen molar-refractivity contribution >= 4 is 23.5 Å². The fourth-order valence-electron chi connectivity index (χ4n) is 4.24. The normalized spacial score (nSPS) is 12.1. The van der Waals surface area contributed by atoms with Crippen LogP contribution in [0.25, 0.3) is 11.4 Å². The molecular weight excluding hydrogens is 556 g/mol. The van der Waals surface area contributed by atoms with Gasteiger partial charge in [-0.15, -0.1) is 10.2 Å². The summed E-state index contributed by atoms with van der Waals surface area (Å²) in [5.41, 5.74) is -0.894. The van der Waals surface area contributed by atoms with E-state index >= 15 is 0 Å².